The van der Waals surface area contributed by atoms with E-state index in [1.165, 1.54) is 13.8 Å². The van der Waals surface area contributed by atoms with Crippen LogP contribution in [0, 0.1) is 5.92 Å². The lowest BCUT2D eigenvalue weighted by atomic mass is 10.0. The number of nitrogens with one attached hydrogen (secondary N) is 6. The molecular formula is C25H45N7O12. The molecule has 0 aromatic heterocycles. The molecule has 19 heteroatoms. The Balaban J connectivity index is 5.68. The van der Waals surface area contributed by atoms with Crippen molar-refractivity contribution < 1.29 is 59.1 Å². The van der Waals surface area contributed by atoms with Gasteiger partial charge in [0.05, 0.1) is 32.0 Å². The van der Waals surface area contributed by atoms with Crippen LogP contribution in [-0.2, 0) is 33.6 Å². The van der Waals surface area contributed by atoms with Gasteiger partial charge >= 0.3 is 5.97 Å². The third kappa shape index (κ3) is 13.6. The van der Waals surface area contributed by atoms with Crippen molar-refractivity contribution in [3.8, 4) is 0 Å². The predicted octanol–water partition coefficient (Wildman–Crippen LogP) is -6.25. The van der Waals surface area contributed by atoms with E-state index in [4.69, 9.17) is 15.9 Å². The quantitative estimate of drug-likeness (QED) is 0.0629. The molecule has 0 aromatic carbocycles. The first-order valence-corrected chi connectivity index (χ1v) is 13.7. The lowest BCUT2D eigenvalue weighted by molar-refractivity contribution is -0.143. The Morgan fingerprint density at radius 2 is 1.02 bits per heavy atom. The summed E-state index contributed by atoms with van der Waals surface area (Å²) in [4.78, 5) is 86.4. The summed E-state index contributed by atoms with van der Waals surface area (Å²) in [6.45, 7) is 4.63. The molecule has 0 saturated heterocycles. The third-order valence-corrected chi connectivity index (χ3v) is 6.03. The van der Waals surface area contributed by atoms with Crippen LogP contribution in [0.1, 0.15) is 41.0 Å². The molecule has 0 saturated carbocycles. The number of hydrogen-bond donors (Lipinski definition) is 12. The van der Waals surface area contributed by atoms with Gasteiger partial charge in [-0.15, -0.1) is 0 Å². The zero-order valence-electron chi connectivity index (χ0n) is 25.2. The van der Waals surface area contributed by atoms with Gasteiger partial charge in [0.2, 0.25) is 35.4 Å². The molecule has 8 atom stereocenters. The van der Waals surface area contributed by atoms with Crippen molar-refractivity contribution in [1.29, 1.82) is 0 Å². The molecule has 0 heterocycles. The maximum atomic E-state index is 13.1. The minimum atomic E-state index is -1.71. The Morgan fingerprint density at radius 3 is 1.43 bits per heavy atom. The molecule has 19 nitrogen and oxygen atoms in total. The zero-order chi connectivity index (χ0) is 34.3. The number of amides is 6. The highest BCUT2D eigenvalue weighted by atomic mass is 16.4. The van der Waals surface area contributed by atoms with Gasteiger partial charge in [0.1, 0.15) is 36.3 Å². The highest BCUT2D eigenvalue weighted by Gasteiger charge is 2.35. The highest BCUT2D eigenvalue weighted by Crippen LogP contribution is 2.07. The van der Waals surface area contributed by atoms with Crippen LogP contribution in [0.5, 0.6) is 0 Å². The SMILES string of the molecule is CC(C)C[C@H](NC(=O)[C@@H](NC(=O)[C@H](CO)NC(=O)[C@@H](NC(=O)CN)[C@@H](C)O)[C@@H](C)O)C(=O)N[C@@H](C)C(=O)N[C@@H](CO)C(=O)O. The van der Waals surface area contributed by atoms with E-state index < -0.39 is 110 Å². The number of carboxylic acids is 1. The molecule has 252 valence electrons. The van der Waals surface area contributed by atoms with Gasteiger partial charge in [0, 0.05) is 0 Å². The minimum absolute atomic E-state index is 0.0331. The third-order valence-electron chi connectivity index (χ3n) is 6.03. The van der Waals surface area contributed by atoms with E-state index >= 15 is 0 Å². The van der Waals surface area contributed by atoms with Crippen molar-refractivity contribution in [3.05, 3.63) is 0 Å². The molecule has 13 N–H and O–H groups in total. The Hall–Kier alpha value is -3.91. The fraction of sp³-hybridized carbons (Fsp3) is 0.720. The molecule has 44 heavy (non-hydrogen) atoms. The first-order valence-electron chi connectivity index (χ1n) is 13.7. The summed E-state index contributed by atoms with van der Waals surface area (Å²) in [6, 6.07) is -9.14. The topological polar surface area (TPSA) is 319 Å². The minimum Gasteiger partial charge on any atom is -0.480 e. The number of rotatable bonds is 19. The second-order valence-corrected chi connectivity index (χ2v) is 10.5. The van der Waals surface area contributed by atoms with E-state index in [0.717, 1.165) is 6.92 Å². The monoisotopic (exact) mass is 635 g/mol. The van der Waals surface area contributed by atoms with Gasteiger partial charge in [-0.25, -0.2) is 4.79 Å². The van der Waals surface area contributed by atoms with Crippen LogP contribution in [-0.4, -0.2) is 135 Å². The van der Waals surface area contributed by atoms with Crippen LogP contribution in [0.3, 0.4) is 0 Å². The summed E-state index contributed by atoms with van der Waals surface area (Å²) in [7, 11) is 0. The number of carbonyl (C=O) groups is 7. The first kappa shape index (κ1) is 40.1. The van der Waals surface area contributed by atoms with Crippen LogP contribution in [0.15, 0.2) is 0 Å². The summed E-state index contributed by atoms with van der Waals surface area (Å²) >= 11 is 0. The number of nitrogens with two attached hydrogens (primary N) is 1. The fourth-order valence-electron chi connectivity index (χ4n) is 3.58. The van der Waals surface area contributed by atoms with Crippen molar-refractivity contribution in [2.24, 2.45) is 11.7 Å². The zero-order valence-corrected chi connectivity index (χ0v) is 25.2. The number of carboxylic acid groups (broad SMARTS) is 1. The summed E-state index contributed by atoms with van der Waals surface area (Å²) in [5.41, 5.74) is 5.19. The van der Waals surface area contributed by atoms with E-state index in [1.54, 1.807) is 13.8 Å². The van der Waals surface area contributed by atoms with E-state index in [9.17, 15) is 48.9 Å². The van der Waals surface area contributed by atoms with Crippen LogP contribution in [0.25, 0.3) is 0 Å². The lowest BCUT2D eigenvalue weighted by Crippen LogP contribution is -2.62. The van der Waals surface area contributed by atoms with Crippen molar-refractivity contribution in [2.75, 3.05) is 19.8 Å². The second-order valence-electron chi connectivity index (χ2n) is 10.5. The van der Waals surface area contributed by atoms with Gasteiger partial charge in [-0.1, -0.05) is 13.8 Å². The second kappa shape index (κ2) is 19.4. The Labute approximate surface area is 253 Å². The molecule has 0 fully saturated rings. The van der Waals surface area contributed by atoms with Crippen LogP contribution >= 0.6 is 0 Å². The molecule has 0 aromatic rings. The van der Waals surface area contributed by atoms with Gasteiger partial charge < -0.3 is 63.2 Å². The van der Waals surface area contributed by atoms with Gasteiger partial charge in [-0.2, -0.15) is 0 Å². The number of aliphatic carboxylic acids is 1. The number of carbonyl (C=O) groups excluding carboxylic acids is 6. The smallest absolute Gasteiger partial charge is 0.328 e. The summed E-state index contributed by atoms with van der Waals surface area (Å²) in [5.74, 6) is -7.50. The molecule has 0 aliphatic rings. The van der Waals surface area contributed by atoms with Crippen LogP contribution < -0.4 is 37.6 Å². The van der Waals surface area contributed by atoms with E-state index in [0.29, 0.717) is 0 Å². The summed E-state index contributed by atoms with van der Waals surface area (Å²) < 4.78 is 0. The molecule has 0 bridgehead atoms. The van der Waals surface area contributed by atoms with E-state index in [1.807, 2.05) is 5.32 Å². The summed E-state index contributed by atoms with van der Waals surface area (Å²) in [6.07, 6.45) is -2.94. The van der Waals surface area contributed by atoms with Crippen molar-refractivity contribution >= 4 is 41.4 Å². The Bertz CT molecular complexity index is 1020. The standard InChI is InChI=1S/C25H45N7O12/c1-10(2)6-14(21(39)27-11(3)20(38)30-16(9-34)25(43)44)28-24(42)19(13(5)36)32-22(40)15(8-33)29-23(41)18(12(4)35)31-17(37)7-26/h10-16,18-19,33-36H,6-9,26H2,1-5H3,(H,27,39)(H,28,42)(H,29,41)(H,30,38)(H,31,37)(H,32,40)(H,43,44)/t11-,12+,13+,14-,15-,16-,18-,19-/m0/s1. The molecule has 0 aliphatic carbocycles. The molecule has 0 unspecified atom stereocenters. The van der Waals surface area contributed by atoms with Crippen LogP contribution in [0.4, 0.5) is 0 Å². The van der Waals surface area contributed by atoms with Gasteiger partial charge in [-0.05, 0) is 33.1 Å². The molecule has 6 amide bonds. The fourth-order valence-corrected chi connectivity index (χ4v) is 3.58. The van der Waals surface area contributed by atoms with Crippen molar-refractivity contribution in [2.45, 2.75) is 89.5 Å². The average molecular weight is 636 g/mol. The summed E-state index contributed by atoms with van der Waals surface area (Å²) in [5, 5.41) is 61.0. The molecule has 0 aliphatic heterocycles. The number of hydrogen-bond acceptors (Lipinski definition) is 12. The normalized spacial score (nSPS) is 16.5. The average Bonchev–Trinajstić information content (AvgIpc) is 2.93. The van der Waals surface area contributed by atoms with Crippen molar-refractivity contribution in [3.63, 3.8) is 0 Å². The first-order chi connectivity index (χ1) is 20.4. The molecule has 0 spiro atoms. The lowest BCUT2D eigenvalue weighted by Gasteiger charge is -2.28. The van der Waals surface area contributed by atoms with Gasteiger partial charge in [-0.3, -0.25) is 28.8 Å². The maximum absolute atomic E-state index is 13.1. The Morgan fingerprint density at radius 1 is 0.591 bits per heavy atom. The van der Waals surface area contributed by atoms with E-state index in [-0.39, 0.29) is 12.3 Å². The maximum Gasteiger partial charge on any atom is 0.328 e. The molecule has 0 radical (unpaired) electrons. The van der Waals surface area contributed by atoms with Gasteiger partial charge in [0.15, 0.2) is 0 Å². The largest absolute Gasteiger partial charge is 0.480 e. The highest BCUT2D eigenvalue weighted by molar-refractivity contribution is 5.97. The van der Waals surface area contributed by atoms with Crippen LogP contribution in [0.2, 0.25) is 0 Å². The van der Waals surface area contributed by atoms with E-state index in [2.05, 4.69) is 26.6 Å². The molecule has 0 rings (SSSR count). The number of aliphatic hydroxyl groups is 4. The predicted molar refractivity (Wildman–Crippen MR) is 151 cm³/mol. The Kier molecular flexibility index (Phi) is 17.7. The van der Waals surface area contributed by atoms with Gasteiger partial charge in [0.25, 0.3) is 0 Å². The molecular weight excluding hydrogens is 590 g/mol. The van der Waals surface area contributed by atoms with Crippen molar-refractivity contribution in [1.82, 2.24) is 31.9 Å². The number of aliphatic hydroxyl groups excluding tert-OH is 4.